The summed E-state index contributed by atoms with van der Waals surface area (Å²) in [6.45, 7) is 5.09. The van der Waals surface area contributed by atoms with Crippen molar-refractivity contribution in [2.45, 2.75) is 13.3 Å². The molecule has 0 aliphatic carbocycles. The molecule has 0 aromatic carbocycles. The summed E-state index contributed by atoms with van der Waals surface area (Å²) in [5.74, 6) is -0.275. The maximum absolute atomic E-state index is 10.5. The summed E-state index contributed by atoms with van der Waals surface area (Å²) in [6, 6.07) is 0. The van der Waals surface area contributed by atoms with Crippen molar-refractivity contribution >= 4 is 5.97 Å². The van der Waals surface area contributed by atoms with Crippen LogP contribution in [0.5, 0.6) is 0 Å². The number of carbonyl (C=O) groups excluding carboxylic acids is 1. The number of esters is 1. The lowest BCUT2D eigenvalue weighted by molar-refractivity contribution is -0.136. The maximum atomic E-state index is 10.5. The fraction of sp³-hybridized carbons (Fsp3) is 0.286. The molecule has 0 aliphatic heterocycles. The van der Waals surface area contributed by atoms with E-state index >= 15 is 0 Å². The van der Waals surface area contributed by atoms with E-state index in [0.29, 0.717) is 6.42 Å². The van der Waals surface area contributed by atoms with Crippen LogP contribution in [0.15, 0.2) is 25.0 Å². The molecule has 0 heterocycles. The lowest BCUT2D eigenvalue weighted by Crippen LogP contribution is -1.95. The molecule has 2 nitrogen and oxygen atoms in total. The van der Waals surface area contributed by atoms with Gasteiger partial charge in [-0.1, -0.05) is 18.7 Å². The molecule has 9 heavy (non-hydrogen) atoms. The molecule has 0 unspecified atom stereocenters. The number of allylic oxidation sites excluding steroid dienone is 1. The number of hydrogen-bond acceptors (Lipinski definition) is 2. The van der Waals surface area contributed by atoms with Crippen LogP contribution in [0.2, 0.25) is 0 Å². The summed E-state index contributed by atoms with van der Waals surface area (Å²) in [7, 11) is 0. The minimum atomic E-state index is -0.275. The van der Waals surface area contributed by atoms with Crippen molar-refractivity contribution in [3.05, 3.63) is 25.0 Å². The zero-order valence-corrected chi connectivity index (χ0v) is 5.46. The molecule has 0 spiro atoms. The average molecular weight is 126 g/mol. The van der Waals surface area contributed by atoms with E-state index < -0.39 is 0 Å². The van der Waals surface area contributed by atoms with E-state index in [1.165, 1.54) is 0 Å². The highest BCUT2D eigenvalue weighted by Crippen LogP contribution is 1.87. The van der Waals surface area contributed by atoms with E-state index in [4.69, 9.17) is 0 Å². The Balaban J connectivity index is 3.38. The van der Waals surface area contributed by atoms with E-state index in [9.17, 15) is 4.79 Å². The summed E-state index contributed by atoms with van der Waals surface area (Å²) in [6.07, 6.45) is 4.98. The highest BCUT2D eigenvalue weighted by Gasteiger charge is 1.92. The first kappa shape index (κ1) is 7.95. The predicted octanol–water partition coefficient (Wildman–Crippen LogP) is 1.64. The quantitative estimate of drug-likeness (QED) is 0.326. The molecule has 50 valence electrons. The lowest BCUT2D eigenvalue weighted by Gasteiger charge is -1.90. The van der Waals surface area contributed by atoms with Gasteiger partial charge in [0.1, 0.15) is 0 Å². The van der Waals surface area contributed by atoms with Crippen molar-refractivity contribution in [3.63, 3.8) is 0 Å². The van der Waals surface area contributed by atoms with Gasteiger partial charge in [-0.2, -0.15) is 0 Å². The Morgan fingerprint density at radius 1 is 1.78 bits per heavy atom. The van der Waals surface area contributed by atoms with Crippen LogP contribution in [0.25, 0.3) is 0 Å². The predicted molar refractivity (Wildman–Crippen MR) is 35.7 cm³/mol. The second-order valence-electron chi connectivity index (χ2n) is 1.43. The molecule has 0 aromatic heterocycles. The molecular formula is C7H10O2. The molecule has 0 radical (unpaired) electrons. The molecule has 2 heteroatoms. The van der Waals surface area contributed by atoms with Gasteiger partial charge in [0.2, 0.25) is 0 Å². The van der Waals surface area contributed by atoms with Gasteiger partial charge in [0, 0.05) is 0 Å². The zero-order chi connectivity index (χ0) is 7.11. The Morgan fingerprint density at radius 3 is 2.89 bits per heavy atom. The van der Waals surface area contributed by atoms with Gasteiger partial charge in [0.05, 0.1) is 12.7 Å². The van der Waals surface area contributed by atoms with Crippen molar-refractivity contribution in [1.29, 1.82) is 0 Å². The Morgan fingerprint density at radius 2 is 2.44 bits per heavy atom. The van der Waals surface area contributed by atoms with Crippen molar-refractivity contribution in [1.82, 2.24) is 0 Å². The zero-order valence-electron chi connectivity index (χ0n) is 5.46. The summed E-state index contributed by atoms with van der Waals surface area (Å²) < 4.78 is 4.42. The van der Waals surface area contributed by atoms with Crippen LogP contribution in [0, 0.1) is 0 Å². The summed E-state index contributed by atoms with van der Waals surface area (Å²) in [5, 5.41) is 0. The van der Waals surface area contributed by atoms with E-state index in [-0.39, 0.29) is 5.97 Å². The summed E-state index contributed by atoms with van der Waals surface area (Å²) >= 11 is 0. The highest BCUT2D eigenvalue weighted by atomic mass is 16.5. The topological polar surface area (TPSA) is 26.3 Å². The SMILES string of the molecule is C=COC(=O)CC=CC. The Kier molecular flexibility index (Phi) is 4.50. The van der Waals surface area contributed by atoms with Crippen LogP contribution < -0.4 is 0 Å². The molecule has 0 N–H and O–H groups in total. The van der Waals surface area contributed by atoms with Gasteiger partial charge in [-0.05, 0) is 6.92 Å². The largest absolute Gasteiger partial charge is 0.435 e. The van der Waals surface area contributed by atoms with Crippen LogP contribution in [-0.2, 0) is 9.53 Å². The first-order chi connectivity index (χ1) is 4.31. The molecule has 0 saturated carbocycles. The fourth-order valence-electron chi connectivity index (χ4n) is 0.355. The number of ether oxygens (including phenoxy) is 1. The second-order valence-corrected chi connectivity index (χ2v) is 1.43. The lowest BCUT2D eigenvalue weighted by atomic mass is 10.4. The molecule has 0 amide bonds. The van der Waals surface area contributed by atoms with Crippen LogP contribution in [0.3, 0.4) is 0 Å². The Labute approximate surface area is 54.8 Å². The first-order valence-electron chi connectivity index (χ1n) is 2.72. The molecule has 0 saturated heterocycles. The van der Waals surface area contributed by atoms with Gasteiger partial charge in [-0.3, -0.25) is 4.79 Å². The van der Waals surface area contributed by atoms with Crippen molar-refractivity contribution < 1.29 is 9.53 Å². The van der Waals surface area contributed by atoms with Crippen molar-refractivity contribution in [2.75, 3.05) is 0 Å². The molecule has 0 aliphatic rings. The Bertz CT molecular complexity index is 125. The number of carbonyl (C=O) groups is 1. The molecule has 0 bridgehead atoms. The molecular weight excluding hydrogens is 116 g/mol. The van der Waals surface area contributed by atoms with E-state index in [2.05, 4.69) is 11.3 Å². The van der Waals surface area contributed by atoms with Crippen LogP contribution >= 0.6 is 0 Å². The third-order valence-corrected chi connectivity index (χ3v) is 0.735. The standard InChI is InChI=1S/C7H10O2/c1-3-5-6-7(8)9-4-2/h3-5H,2,6H2,1H3. The number of rotatable bonds is 3. The van der Waals surface area contributed by atoms with Gasteiger partial charge >= 0.3 is 5.97 Å². The normalized spacial score (nSPS) is 9.44. The highest BCUT2D eigenvalue weighted by molar-refractivity contribution is 5.71. The smallest absolute Gasteiger partial charge is 0.314 e. The minimum absolute atomic E-state index is 0.275. The minimum Gasteiger partial charge on any atom is -0.435 e. The van der Waals surface area contributed by atoms with Crippen LogP contribution in [0.1, 0.15) is 13.3 Å². The summed E-state index contributed by atoms with van der Waals surface area (Å²) in [4.78, 5) is 10.5. The monoisotopic (exact) mass is 126 g/mol. The van der Waals surface area contributed by atoms with Gasteiger partial charge in [0.25, 0.3) is 0 Å². The van der Waals surface area contributed by atoms with Crippen LogP contribution in [-0.4, -0.2) is 5.97 Å². The first-order valence-corrected chi connectivity index (χ1v) is 2.72. The fourth-order valence-corrected chi connectivity index (χ4v) is 0.355. The maximum Gasteiger partial charge on any atom is 0.314 e. The Hall–Kier alpha value is -1.05. The third-order valence-electron chi connectivity index (χ3n) is 0.735. The van der Waals surface area contributed by atoms with E-state index in [1.54, 1.807) is 12.2 Å². The number of hydrogen-bond donors (Lipinski definition) is 0. The molecule has 0 atom stereocenters. The third kappa shape index (κ3) is 4.81. The van der Waals surface area contributed by atoms with Gasteiger partial charge in [-0.15, -0.1) is 0 Å². The average Bonchev–Trinajstić information content (AvgIpc) is 1.85. The summed E-state index contributed by atoms with van der Waals surface area (Å²) in [5.41, 5.74) is 0. The van der Waals surface area contributed by atoms with Gasteiger partial charge in [-0.25, -0.2) is 0 Å². The van der Waals surface area contributed by atoms with Gasteiger partial charge < -0.3 is 4.74 Å². The van der Waals surface area contributed by atoms with E-state index in [0.717, 1.165) is 6.26 Å². The molecule has 0 fully saturated rings. The van der Waals surface area contributed by atoms with Crippen molar-refractivity contribution in [2.24, 2.45) is 0 Å². The van der Waals surface area contributed by atoms with E-state index in [1.807, 2.05) is 6.92 Å². The second kappa shape index (κ2) is 5.09. The molecule has 0 rings (SSSR count). The van der Waals surface area contributed by atoms with Gasteiger partial charge in [0.15, 0.2) is 0 Å². The molecule has 0 aromatic rings. The van der Waals surface area contributed by atoms with Crippen molar-refractivity contribution in [3.8, 4) is 0 Å². The van der Waals surface area contributed by atoms with Crippen LogP contribution in [0.4, 0.5) is 0 Å².